The Kier molecular flexibility index (Phi) is 46.6. The number of benzene rings is 2. The van der Waals surface area contributed by atoms with E-state index in [1.54, 1.807) is 100 Å². The van der Waals surface area contributed by atoms with Crippen molar-refractivity contribution in [2.75, 3.05) is 105 Å². The van der Waals surface area contributed by atoms with Gasteiger partial charge in [-0.05, 0) is 157 Å². The molecule has 25 atom stereocenters. The molecule has 1 spiro atoms. The van der Waals surface area contributed by atoms with Gasteiger partial charge in [0.05, 0.1) is 116 Å². The number of hydrogen-bond acceptors (Lipinski definition) is 36. The van der Waals surface area contributed by atoms with Crippen molar-refractivity contribution in [2.24, 2.45) is 46.5 Å². The van der Waals surface area contributed by atoms with Crippen molar-refractivity contribution >= 4 is 120 Å². The van der Waals surface area contributed by atoms with Gasteiger partial charge in [0.1, 0.15) is 72.0 Å². The van der Waals surface area contributed by atoms with Crippen LogP contribution in [0.15, 0.2) is 47.6 Å². The molecule has 9 rings (SSSR count). The van der Waals surface area contributed by atoms with Crippen LogP contribution in [0.2, 0.25) is 0 Å². The Labute approximate surface area is 845 Å². The number of aliphatic hydroxyl groups is 5. The average molecular weight is 2140 g/mol. The van der Waals surface area contributed by atoms with Crippen LogP contribution in [0.3, 0.4) is 0 Å². The van der Waals surface area contributed by atoms with Crippen LogP contribution in [-0.4, -0.2) is 315 Å². The lowest BCUT2D eigenvalue weighted by atomic mass is 9.44. The van der Waals surface area contributed by atoms with Crippen LogP contribution in [0.4, 0.5) is 15.3 Å². The maximum Gasteiger partial charge on any atom is 0.407 e. The molecule has 2 aromatic rings. The number of Topliss-reactive ketones (excluding diaryl/α,β-unsaturated/α-hetero) is 5. The quantitative estimate of drug-likeness (QED) is 0.00779. The zero-order valence-electron chi connectivity index (χ0n) is 82.7. The topological polar surface area (TPSA) is 526 Å². The highest BCUT2D eigenvalue weighted by molar-refractivity contribution is 14.1. The molecular weight excluding hydrogens is 1990 g/mol. The van der Waals surface area contributed by atoms with E-state index in [-0.39, 0.29) is 174 Å². The summed E-state index contributed by atoms with van der Waals surface area (Å²) in [6, 6.07) is 3.29. The third-order valence-corrected chi connectivity index (χ3v) is 31.5. The van der Waals surface area contributed by atoms with E-state index < -0.39 is 179 Å². The molecule has 0 bridgehead atoms. The molecule has 2 saturated carbocycles. The number of urea groups is 1. The molecule has 4 saturated heterocycles. The number of likely N-dealkylation sites (N-methyl/N-ethyl adjacent to an activating group) is 1. The van der Waals surface area contributed by atoms with Gasteiger partial charge in [0, 0.05) is 125 Å². The highest BCUT2D eigenvalue weighted by Crippen LogP contribution is 2.70. The largest absolute Gasteiger partial charge is 0.492 e. The fourth-order valence-corrected chi connectivity index (χ4v) is 22.4. The monoisotopic (exact) mass is 2130 g/mol. The van der Waals surface area contributed by atoms with Crippen LogP contribution in [-0.2, 0) is 97.1 Å². The molecule has 3 aliphatic carbocycles. The van der Waals surface area contributed by atoms with Gasteiger partial charge >= 0.3 is 12.1 Å². The third-order valence-electron chi connectivity index (χ3n) is 26.0. The first-order valence-electron chi connectivity index (χ1n) is 47.8. The Morgan fingerprint density at radius 2 is 1.46 bits per heavy atom. The van der Waals surface area contributed by atoms with E-state index in [9.17, 15) is 73.5 Å². The third kappa shape index (κ3) is 30.8. The van der Waals surface area contributed by atoms with Crippen molar-refractivity contribution in [3.05, 3.63) is 67.8 Å². The molecule has 4 heterocycles. The van der Waals surface area contributed by atoms with Gasteiger partial charge in [-0.25, -0.2) is 9.59 Å². The maximum atomic E-state index is 14.7. The number of carbonyl (C=O) groups excluding carboxylic acids is 10. The number of hydroxylamine groups is 1. The summed E-state index contributed by atoms with van der Waals surface area (Å²) >= 11 is 2.81. The zero-order valence-corrected chi connectivity index (χ0v) is 87.3. The summed E-state index contributed by atoms with van der Waals surface area (Å²) in [5.74, 6) is 7.50. The highest BCUT2D eigenvalue weighted by Gasteiger charge is 2.78. The lowest BCUT2D eigenvalue weighted by molar-refractivity contribution is -0.344. The van der Waals surface area contributed by atoms with E-state index >= 15 is 0 Å². The van der Waals surface area contributed by atoms with Crippen molar-refractivity contribution in [3.63, 3.8) is 0 Å². The number of thioether (sulfide) groups is 1. The summed E-state index contributed by atoms with van der Waals surface area (Å²) in [6.07, 6.45) is -12.7. The number of halogens is 1. The number of allylic oxidation sites excluding steroid dienone is 2. The SMILES string of the molecule is CCN(CC(=O)CCCOCCOCCNC(=O)OCc1ccc(NC(=O)[C@H](CCCNC(N)=O)CC(=O)[C@@H](NC(=O)[C@H](CCCCN)CC(C)=O)C(C)C)cc1)[C@H]1CO[C@@H](O[C@H]2[C@H](O[C@H]3C#C/C=C(/C)C#CC45C(CC(C)=O)C(=O)C[C@]4(O)/C(=C/CSSC(C)C)C35)O[C@H](C)[C@@H](NO[C@H]3C[C@H](O)[C@H](SC(=O)c4c(C)c(I)c(O[C@@H]5O[C@@H](C)[C@H](O)[C@@H](OC)[C@H]5O)c(OC)c4OC)[C@@H](C)O3)[C@@H]2O)C[C@@H]1OC. The number of ether oxygens (including phenoxy) is 14. The zero-order chi connectivity index (χ0) is 103. The van der Waals surface area contributed by atoms with Crippen molar-refractivity contribution in [2.45, 2.75) is 300 Å². The van der Waals surface area contributed by atoms with Gasteiger partial charge in [-0.2, -0.15) is 5.48 Å². The highest BCUT2D eigenvalue weighted by atomic mass is 127. The number of primary amides is 1. The van der Waals surface area contributed by atoms with Gasteiger partial charge in [0.2, 0.25) is 29.0 Å². The van der Waals surface area contributed by atoms with Crippen LogP contribution < -0.4 is 52.4 Å². The molecule has 2 aromatic carbocycles. The van der Waals surface area contributed by atoms with E-state index in [1.807, 2.05) is 40.5 Å². The first-order chi connectivity index (χ1) is 66.7. The summed E-state index contributed by atoms with van der Waals surface area (Å²) in [5.41, 5.74) is 13.0. The smallest absolute Gasteiger partial charge is 0.407 e. The summed E-state index contributed by atoms with van der Waals surface area (Å²) in [6.45, 7) is 22.7. The number of amides is 5. The van der Waals surface area contributed by atoms with Gasteiger partial charge in [-0.3, -0.25) is 38.5 Å². The number of nitrogens with zero attached hydrogens (tertiary/aromatic N) is 1. The van der Waals surface area contributed by atoms with Gasteiger partial charge < -0.3 is 134 Å². The number of alkyl carbamates (subject to hydrolysis) is 1. The lowest BCUT2D eigenvalue weighted by Crippen LogP contribution is -2.69. The van der Waals surface area contributed by atoms with Gasteiger partial charge in [0.15, 0.2) is 36.2 Å². The van der Waals surface area contributed by atoms with E-state index in [1.165, 1.54) is 42.3 Å². The molecule has 7 aliphatic rings. The standard InChI is InChI=1S/C98H143IN8O30S3/c1-17-107(49-65(110)26-22-38-127-40-41-128-39-37-103-96(121)130-50-61-28-30-64(31-29-61)104-90(117)63(25-21-36-102-95(101)120)45-69(111)79(52(2)3)105-91(118)62(43-55(7)108)24-18-19-35-100)68-51-129-74(47-73(68)123-13)135-87-82(115)80(58(10)132-94(87)134-72-27-20-23-54(6)32-34-97-67(44-56(8)109)71(113)48-98(97,122)66(77(72)97)33-42-138-140-53(4)5)106-137-75-46-70(112)89(60(12)131-75)139-92(119)76-57(9)78(99)85(88(126-16)84(76)124-14)136-93-83(116)86(125-15)81(114)59(11)133-93/h23,28-31,33,52-53,58-60,62-63,67-68,70,72-75,77,79-83,86-87,89,93-94,106,112,114-116,122H,17-19,21-22,24-26,35-51,100H2,1-16H3,(H,103,121)(H,104,117)(H,105,118)(H3,101,102,120)/b54-23-,66-33+/t58-,59+,60-,62-,63-,67?,68+,70+,72+,73+,74+,75+,77?,79+,80-,81+,82+,83-,86-,87-,89-,93+,94+,97?,98+/m1/s1. The number of anilines is 1. The second-order valence-electron chi connectivity index (χ2n) is 36.9. The van der Waals surface area contributed by atoms with Gasteiger partial charge in [-0.1, -0.05) is 116 Å². The second kappa shape index (κ2) is 56.0. The van der Waals surface area contributed by atoms with Crippen LogP contribution in [0.1, 0.15) is 181 Å². The average Bonchev–Trinajstić information content (AvgIpc) is 1.46. The molecular formula is C98H143IN8O30S3. The number of unbranched alkanes of at least 4 members (excludes halogenated alkanes) is 1. The molecule has 780 valence electrons. The van der Waals surface area contributed by atoms with E-state index in [2.05, 4.69) is 64.3 Å². The molecule has 6 fully saturated rings. The summed E-state index contributed by atoms with van der Waals surface area (Å²) < 4.78 is 86.4. The Hall–Kier alpha value is -7.04. The Bertz CT molecular complexity index is 4720. The maximum absolute atomic E-state index is 14.7. The van der Waals surface area contributed by atoms with Gasteiger partial charge in [0.25, 0.3) is 0 Å². The molecule has 38 nitrogen and oxygen atoms in total. The fourth-order valence-electron chi connectivity index (χ4n) is 18.7. The van der Waals surface area contributed by atoms with Crippen molar-refractivity contribution < 1.29 is 145 Å². The molecule has 5 amide bonds. The van der Waals surface area contributed by atoms with Crippen molar-refractivity contribution in [1.82, 2.24) is 26.3 Å². The Morgan fingerprint density at radius 3 is 2.11 bits per heavy atom. The predicted octanol–water partition coefficient (Wildman–Crippen LogP) is 7.17. The van der Waals surface area contributed by atoms with Crippen LogP contribution in [0.5, 0.6) is 17.2 Å². The first kappa shape index (κ1) is 117. The predicted molar refractivity (Wildman–Crippen MR) is 529 cm³/mol. The minimum atomic E-state index is -1.81. The van der Waals surface area contributed by atoms with Crippen molar-refractivity contribution in [3.8, 4) is 40.9 Å². The Balaban J connectivity index is 0.782. The minimum absolute atomic E-state index is 0.000776. The van der Waals surface area contributed by atoms with Crippen LogP contribution in [0, 0.1) is 69.2 Å². The van der Waals surface area contributed by atoms with Gasteiger partial charge in [-0.15, -0.1) is 0 Å². The fraction of sp³-hybridized carbons (Fsp3) is 0.694. The number of hydrogen-bond donors (Lipinski definition) is 12. The molecule has 42 heteroatoms. The van der Waals surface area contributed by atoms with Crippen molar-refractivity contribution in [1.29, 1.82) is 0 Å². The molecule has 140 heavy (non-hydrogen) atoms. The number of ketones is 5. The normalized spacial score (nSPS) is 29.4. The number of methoxy groups -OCH3 is 4. The second-order valence-corrected chi connectivity index (χ2v) is 42.1. The molecule has 3 unspecified atom stereocenters. The van der Waals surface area contributed by atoms with E-state index in [0.29, 0.717) is 82.5 Å². The number of nitrogens with two attached hydrogens (primary N) is 2. The molecule has 0 aromatic heterocycles. The van der Waals surface area contributed by atoms with E-state index in [0.717, 1.165) is 11.8 Å². The summed E-state index contributed by atoms with van der Waals surface area (Å²) in [4.78, 5) is 142. The number of nitrogens with one attached hydrogen (secondary N) is 5. The molecule has 14 N–H and O–H groups in total. The lowest BCUT2D eigenvalue weighted by Gasteiger charge is -2.60. The van der Waals surface area contributed by atoms with Crippen LogP contribution >= 0.6 is 55.9 Å². The minimum Gasteiger partial charge on any atom is -0.492 e. The summed E-state index contributed by atoms with van der Waals surface area (Å²) in [7, 11) is 8.79. The number of carbonyl (C=O) groups is 10. The Morgan fingerprint density at radius 1 is 0.764 bits per heavy atom. The number of rotatable bonds is 55. The number of aliphatic hydroxyl groups excluding tert-OH is 4. The molecule has 4 aliphatic heterocycles. The first-order valence-corrected chi connectivity index (χ1v) is 52.1. The van der Waals surface area contributed by atoms with Crippen LogP contribution in [0.25, 0.3) is 0 Å². The summed E-state index contributed by atoms with van der Waals surface area (Å²) in [5, 5.41) is 69.6. The molecule has 0 radical (unpaired) electrons. The van der Waals surface area contributed by atoms with E-state index in [4.69, 9.17) is 82.6 Å².